The Morgan fingerprint density at radius 1 is 1.44 bits per heavy atom. The summed E-state index contributed by atoms with van der Waals surface area (Å²) in [6.07, 6.45) is 4.76. The fourth-order valence-corrected chi connectivity index (χ4v) is 4.23. The molecule has 2 bridgehead atoms. The third kappa shape index (κ3) is 2.23. The normalized spacial score (nSPS) is 36.1. The summed E-state index contributed by atoms with van der Waals surface area (Å²) in [6.45, 7) is 1.15. The largest absolute Gasteiger partial charge is 0.394 e. The smallest absolute Gasteiger partial charge is 0.0614 e. The number of aliphatic hydroxyl groups excluding tert-OH is 1. The summed E-state index contributed by atoms with van der Waals surface area (Å²) in [5.74, 6) is 0. The highest BCUT2D eigenvalue weighted by atomic mass is 32.1. The van der Waals surface area contributed by atoms with Crippen LogP contribution < -0.4 is 5.32 Å². The van der Waals surface area contributed by atoms with Crippen molar-refractivity contribution >= 4 is 11.3 Å². The van der Waals surface area contributed by atoms with E-state index in [9.17, 15) is 5.11 Å². The lowest BCUT2D eigenvalue weighted by Crippen LogP contribution is -2.58. The second-order valence-corrected chi connectivity index (χ2v) is 6.86. The van der Waals surface area contributed by atoms with Gasteiger partial charge in [0.05, 0.1) is 6.61 Å². The van der Waals surface area contributed by atoms with Gasteiger partial charge in [0, 0.05) is 29.0 Å². The van der Waals surface area contributed by atoms with E-state index < -0.39 is 0 Å². The van der Waals surface area contributed by atoms with Crippen LogP contribution in [0.5, 0.6) is 0 Å². The predicted molar refractivity (Wildman–Crippen MR) is 74.8 cm³/mol. The third-order valence-corrected chi connectivity index (χ3v) is 5.63. The van der Waals surface area contributed by atoms with Crippen molar-refractivity contribution in [3.05, 3.63) is 22.4 Å². The van der Waals surface area contributed by atoms with E-state index in [1.165, 1.54) is 17.7 Å². The maximum absolute atomic E-state index is 9.84. The molecule has 4 heteroatoms. The summed E-state index contributed by atoms with van der Waals surface area (Å²) < 4.78 is 0. The summed E-state index contributed by atoms with van der Waals surface area (Å²) in [5, 5.41) is 15.6. The molecule has 0 amide bonds. The van der Waals surface area contributed by atoms with Crippen molar-refractivity contribution in [1.82, 2.24) is 10.2 Å². The highest BCUT2D eigenvalue weighted by molar-refractivity contribution is 7.09. The van der Waals surface area contributed by atoms with Gasteiger partial charge >= 0.3 is 0 Å². The molecular formula is C14H22N2OS. The predicted octanol–water partition coefficient (Wildman–Crippen LogP) is 1.83. The molecular weight excluding hydrogens is 244 g/mol. The second kappa shape index (κ2) is 4.93. The number of hydrogen-bond donors (Lipinski definition) is 2. The topological polar surface area (TPSA) is 35.5 Å². The van der Waals surface area contributed by atoms with Crippen LogP contribution in [-0.4, -0.2) is 41.3 Å². The van der Waals surface area contributed by atoms with Crippen molar-refractivity contribution in [3.8, 4) is 0 Å². The van der Waals surface area contributed by atoms with Gasteiger partial charge in [0.1, 0.15) is 0 Å². The van der Waals surface area contributed by atoms with E-state index in [1.807, 2.05) is 0 Å². The molecule has 3 nitrogen and oxygen atoms in total. The lowest BCUT2D eigenvalue weighted by molar-refractivity contribution is 0.0466. The zero-order chi connectivity index (χ0) is 12.6. The van der Waals surface area contributed by atoms with Gasteiger partial charge in [-0.15, -0.1) is 11.3 Å². The van der Waals surface area contributed by atoms with Crippen LogP contribution in [0.15, 0.2) is 17.5 Å². The number of hydrogen-bond acceptors (Lipinski definition) is 4. The molecule has 2 atom stereocenters. The molecule has 1 aromatic heterocycles. The summed E-state index contributed by atoms with van der Waals surface area (Å²) in [6, 6.07) is 5.57. The van der Waals surface area contributed by atoms with Crippen LogP contribution in [0, 0.1) is 0 Å². The number of nitrogens with zero attached hydrogens (tertiary/aromatic N) is 1. The lowest BCUT2D eigenvalue weighted by atomic mass is 9.83. The third-order valence-electron chi connectivity index (χ3n) is 4.76. The number of aliphatic hydroxyl groups is 1. The molecule has 2 fully saturated rings. The first-order chi connectivity index (χ1) is 8.72. The average molecular weight is 266 g/mol. The van der Waals surface area contributed by atoms with Crippen molar-refractivity contribution in [2.75, 3.05) is 13.7 Å². The SMILES string of the molecule is CN1C2CCC1CC(CO)(NCc1cccs1)C2. The molecule has 2 saturated heterocycles. The zero-order valence-electron chi connectivity index (χ0n) is 10.9. The molecule has 0 spiro atoms. The van der Waals surface area contributed by atoms with Crippen LogP contribution in [0.4, 0.5) is 0 Å². The Labute approximate surface area is 113 Å². The molecule has 0 radical (unpaired) electrons. The molecule has 2 unspecified atom stereocenters. The molecule has 0 saturated carbocycles. The van der Waals surface area contributed by atoms with Crippen molar-refractivity contribution in [2.45, 2.75) is 49.9 Å². The van der Waals surface area contributed by atoms with Crippen molar-refractivity contribution in [3.63, 3.8) is 0 Å². The minimum absolute atomic E-state index is 0.0532. The maximum Gasteiger partial charge on any atom is 0.0614 e. The van der Waals surface area contributed by atoms with Gasteiger partial charge in [0.15, 0.2) is 0 Å². The van der Waals surface area contributed by atoms with Gasteiger partial charge in [0.2, 0.25) is 0 Å². The molecule has 1 aromatic rings. The molecule has 0 aliphatic carbocycles. The quantitative estimate of drug-likeness (QED) is 0.873. The number of thiophene rings is 1. The molecule has 2 N–H and O–H groups in total. The molecule has 2 aliphatic rings. The Morgan fingerprint density at radius 3 is 2.72 bits per heavy atom. The van der Waals surface area contributed by atoms with E-state index in [-0.39, 0.29) is 12.1 Å². The van der Waals surface area contributed by atoms with Gasteiger partial charge in [-0.2, -0.15) is 0 Å². The average Bonchev–Trinajstić information content (AvgIpc) is 2.96. The van der Waals surface area contributed by atoms with Gasteiger partial charge in [-0.25, -0.2) is 0 Å². The van der Waals surface area contributed by atoms with Crippen LogP contribution in [0.2, 0.25) is 0 Å². The Balaban J connectivity index is 1.68. The molecule has 2 aliphatic heterocycles. The molecule has 0 aromatic carbocycles. The van der Waals surface area contributed by atoms with Crippen LogP contribution in [0.25, 0.3) is 0 Å². The van der Waals surface area contributed by atoms with Gasteiger partial charge in [0.25, 0.3) is 0 Å². The second-order valence-electron chi connectivity index (χ2n) is 5.83. The molecule has 100 valence electrons. The molecule has 3 heterocycles. The number of piperidine rings is 1. The Hall–Kier alpha value is -0.420. The first-order valence-corrected chi connectivity index (χ1v) is 7.71. The molecule has 3 rings (SSSR count). The minimum atomic E-state index is -0.0532. The van der Waals surface area contributed by atoms with Gasteiger partial charge < -0.3 is 15.3 Å². The Bertz CT molecular complexity index is 379. The lowest BCUT2D eigenvalue weighted by Gasteiger charge is -2.45. The number of rotatable bonds is 4. The standard InChI is InChI=1S/C14H22N2OS/c1-16-11-4-5-12(16)8-14(7-11,10-17)15-9-13-3-2-6-18-13/h2-3,6,11-12,15,17H,4-5,7-10H2,1H3. The van der Waals surface area contributed by atoms with E-state index in [0.717, 1.165) is 19.4 Å². The summed E-state index contributed by atoms with van der Waals surface area (Å²) in [7, 11) is 2.24. The highest BCUT2D eigenvalue weighted by Gasteiger charge is 2.46. The van der Waals surface area contributed by atoms with Gasteiger partial charge in [-0.1, -0.05) is 6.07 Å². The van der Waals surface area contributed by atoms with E-state index in [1.54, 1.807) is 11.3 Å². The first-order valence-electron chi connectivity index (χ1n) is 6.83. The van der Waals surface area contributed by atoms with E-state index >= 15 is 0 Å². The van der Waals surface area contributed by atoms with Crippen LogP contribution in [0.1, 0.15) is 30.6 Å². The summed E-state index contributed by atoms with van der Waals surface area (Å²) in [5.41, 5.74) is -0.0532. The molecule has 18 heavy (non-hydrogen) atoms. The van der Waals surface area contributed by atoms with Crippen LogP contribution in [-0.2, 0) is 6.54 Å². The number of nitrogens with one attached hydrogen (secondary N) is 1. The van der Waals surface area contributed by atoms with Crippen molar-refractivity contribution in [1.29, 1.82) is 0 Å². The Kier molecular flexibility index (Phi) is 3.45. The maximum atomic E-state index is 9.84. The van der Waals surface area contributed by atoms with Crippen LogP contribution >= 0.6 is 11.3 Å². The monoisotopic (exact) mass is 266 g/mol. The summed E-state index contributed by atoms with van der Waals surface area (Å²) >= 11 is 1.78. The van der Waals surface area contributed by atoms with E-state index in [0.29, 0.717) is 12.1 Å². The van der Waals surface area contributed by atoms with Gasteiger partial charge in [-0.3, -0.25) is 0 Å². The zero-order valence-corrected chi connectivity index (χ0v) is 11.7. The van der Waals surface area contributed by atoms with E-state index in [2.05, 4.69) is 34.8 Å². The van der Waals surface area contributed by atoms with Crippen LogP contribution in [0.3, 0.4) is 0 Å². The minimum Gasteiger partial charge on any atom is -0.394 e. The van der Waals surface area contributed by atoms with Crippen molar-refractivity contribution < 1.29 is 5.11 Å². The van der Waals surface area contributed by atoms with Gasteiger partial charge in [-0.05, 0) is 44.2 Å². The van der Waals surface area contributed by atoms with E-state index in [4.69, 9.17) is 0 Å². The Morgan fingerprint density at radius 2 is 2.17 bits per heavy atom. The fourth-order valence-electron chi connectivity index (χ4n) is 3.58. The van der Waals surface area contributed by atoms with Crippen molar-refractivity contribution in [2.24, 2.45) is 0 Å². The first kappa shape index (κ1) is 12.6. The number of fused-ring (bicyclic) bond motifs is 2. The summed E-state index contributed by atoms with van der Waals surface area (Å²) in [4.78, 5) is 3.87. The fraction of sp³-hybridized carbons (Fsp3) is 0.714. The highest BCUT2D eigenvalue weighted by Crippen LogP contribution is 2.39.